The van der Waals surface area contributed by atoms with E-state index in [2.05, 4.69) is 0 Å². The van der Waals surface area contributed by atoms with Crippen LogP contribution in [-0.4, -0.2) is 5.91 Å². The van der Waals surface area contributed by atoms with Crippen LogP contribution in [0.1, 0.15) is 46.8 Å². The van der Waals surface area contributed by atoms with E-state index in [1.54, 1.807) is 19.1 Å². The molecule has 1 amide bonds. The van der Waals surface area contributed by atoms with E-state index in [1.807, 2.05) is 0 Å². The molecule has 2 N–H and O–H groups in total. The Labute approximate surface area is 113 Å². The lowest BCUT2D eigenvalue weighted by molar-refractivity contribution is -0.121. The van der Waals surface area contributed by atoms with E-state index in [4.69, 9.17) is 16.7 Å². The number of allylic oxidation sites excluding steroid dienone is 1. The lowest BCUT2D eigenvalue weighted by Crippen LogP contribution is -2.27. The fraction of sp³-hybridized carbons (Fsp3) is 0.400. The summed E-state index contributed by atoms with van der Waals surface area (Å²) in [6, 6.07) is 3.26. The summed E-state index contributed by atoms with van der Waals surface area (Å²) in [6.07, 6.45) is -9.33. The molecule has 17 heavy (non-hydrogen) atoms. The number of benzene rings is 1. The maximum Gasteiger partial charge on any atom is 0.224 e. The van der Waals surface area contributed by atoms with E-state index < -0.39 is 30.9 Å². The molecule has 1 aromatic rings. The third-order valence-electron chi connectivity index (χ3n) is 3.02. The van der Waals surface area contributed by atoms with Gasteiger partial charge < -0.3 is 5.73 Å². The van der Waals surface area contributed by atoms with Crippen molar-refractivity contribution in [2.24, 2.45) is 11.6 Å². The third kappa shape index (κ3) is 1.59. The van der Waals surface area contributed by atoms with Gasteiger partial charge in [0.2, 0.25) is 5.91 Å². The first-order valence-corrected chi connectivity index (χ1v) is 5.36. The highest BCUT2D eigenvalue weighted by molar-refractivity contribution is 5.87. The highest BCUT2D eigenvalue weighted by Crippen LogP contribution is 2.44. The van der Waals surface area contributed by atoms with Gasteiger partial charge in [0.25, 0.3) is 0 Å². The molecule has 2 aliphatic rings. The Morgan fingerprint density at radius 3 is 3.24 bits per heavy atom. The summed E-state index contributed by atoms with van der Waals surface area (Å²) in [4.78, 5) is 12.1. The van der Waals surface area contributed by atoms with Crippen LogP contribution in [0.2, 0.25) is 0 Å². The molecule has 3 rings (SSSR count). The van der Waals surface area contributed by atoms with Gasteiger partial charge >= 0.3 is 0 Å². The first-order chi connectivity index (χ1) is 11.2. The second kappa shape index (κ2) is 3.73. The highest BCUT2D eigenvalue weighted by atomic mass is 16.1. The number of carbonyl (C=O) groups excluding carboxylic acids is 1. The van der Waals surface area contributed by atoms with Gasteiger partial charge in [-0.2, -0.15) is 0 Å². The summed E-state index contributed by atoms with van der Waals surface area (Å²) in [6.45, 7) is 1.65. The number of hydrogen-bond acceptors (Lipinski definition) is 1. The minimum atomic E-state index is -3.20. The molecule has 0 heterocycles. The molecule has 1 unspecified atom stereocenters. The van der Waals surface area contributed by atoms with Crippen LogP contribution in [0.4, 0.5) is 0 Å². The Morgan fingerprint density at radius 2 is 2.47 bits per heavy atom. The van der Waals surface area contributed by atoms with E-state index in [1.165, 1.54) is 0 Å². The number of hydrogen-bond donors (Lipinski definition) is 1. The minimum Gasteiger partial charge on any atom is -0.369 e. The number of fused-ring (bicyclic) bond motifs is 2. The Balaban J connectivity index is 2.48. The normalized spacial score (nSPS) is 42.4. The molecule has 2 heteroatoms. The molecule has 0 aliphatic heterocycles. The quantitative estimate of drug-likeness (QED) is 0.799. The maximum atomic E-state index is 12.1. The molecule has 1 aromatic carbocycles. The monoisotopic (exact) mass is 235 g/mol. The molecule has 0 saturated heterocycles. The first kappa shape index (κ1) is 4.97. The summed E-state index contributed by atoms with van der Waals surface area (Å²) < 4.78 is 65.7. The van der Waals surface area contributed by atoms with Gasteiger partial charge in [-0.1, -0.05) is 23.7 Å². The van der Waals surface area contributed by atoms with Gasteiger partial charge in [-0.05, 0) is 54.7 Å². The van der Waals surface area contributed by atoms with E-state index in [-0.39, 0.29) is 29.2 Å². The van der Waals surface area contributed by atoms with Gasteiger partial charge in [-0.15, -0.1) is 0 Å². The lowest BCUT2D eigenvalue weighted by Gasteiger charge is -2.22. The van der Waals surface area contributed by atoms with Crippen LogP contribution in [0, 0.1) is 12.8 Å². The number of rotatable bonds is 1. The molecular weight excluding hydrogens is 210 g/mol. The van der Waals surface area contributed by atoms with Crippen LogP contribution in [0.15, 0.2) is 23.7 Å². The summed E-state index contributed by atoms with van der Waals surface area (Å²) in [5.74, 6) is -4.14. The van der Waals surface area contributed by atoms with Gasteiger partial charge in [0, 0.05) is 9.60 Å². The third-order valence-corrected chi connectivity index (χ3v) is 3.02. The van der Waals surface area contributed by atoms with E-state index in [0.717, 1.165) is 0 Å². The molecule has 2 nitrogen and oxygen atoms in total. The number of primary amides is 1. The molecular formula is C15H17NO. The van der Waals surface area contributed by atoms with Crippen molar-refractivity contribution >= 4 is 11.5 Å². The number of nitrogens with two attached hydrogens (primary N) is 1. The molecule has 2 aliphatic carbocycles. The van der Waals surface area contributed by atoms with Gasteiger partial charge in [-0.3, -0.25) is 4.79 Å². The Morgan fingerprint density at radius 1 is 1.65 bits per heavy atom. The zero-order valence-electron chi connectivity index (χ0n) is 17.3. The van der Waals surface area contributed by atoms with Crippen molar-refractivity contribution in [1.82, 2.24) is 0 Å². The van der Waals surface area contributed by atoms with Gasteiger partial charge in [0.15, 0.2) is 0 Å². The SMILES string of the molecule is [2H]c1c(C)ccc2c1C1=C(C2)C([2H])(C(N)=O)C([2H])([2H])C([2H])([2H])C1([2H])[2H]. The topological polar surface area (TPSA) is 43.1 Å². The van der Waals surface area contributed by atoms with Crippen molar-refractivity contribution < 1.29 is 15.8 Å². The van der Waals surface area contributed by atoms with Crippen LogP contribution in [0.5, 0.6) is 0 Å². The summed E-state index contributed by atoms with van der Waals surface area (Å²) >= 11 is 0. The lowest BCUT2D eigenvalue weighted by atomic mass is 9.82. The van der Waals surface area contributed by atoms with Gasteiger partial charge in [0.1, 0.15) is 0 Å². The fourth-order valence-corrected chi connectivity index (χ4v) is 2.22. The van der Waals surface area contributed by atoms with Crippen LogP contribution in [0.3, 0.4) is 0 Å². The fourth-order valence-electron chi connectivity index (χ4n) is 2.22. The molecule has 0 fully saturated rings. The first-order valence-electron chi connectivity index (χ1n) is 9.36. The van der Waals surface area contributed by atoms with Crippen molar-refractivity contribution in [2.45, 2.75) is 32.5 Å². The van der Waals surface area contributed by atoms with Gasteiger partial charge in [0.05, 0.1) is 7.26 Å². The second-order valence-corrected chi connectivity index (χ2v) is 4.19. The highest BCUT2D eigenvalue weighted by Gasteiger charge is 2.32. The molecule has 0 aromatic heterocycles. The molecule has 1 atom stereocenters. The number of carbonyl (C=O) groups is 1. The van der Waals surface area contributed by atoms with Crippen molar-refractivity contribution in [3.8, 4) is 0 Å². The standard InChI is InChI=1S/C15H17NO/c1-9-5-6-10-8-14-11(13(10)7-9)3-2-4-12(14)15(16)17/h5-7,12H,2-4,8H2,1H3,(H2,16,17)/i2D2,3D2,4D2,7D,12D. The van der Waals surface area contributed by atoms with Crippen molar-refractivity contribution in [3.05, 3.63) is 40.4 Å². The van der Waals surface area contributed by atoms with Crippen LogP contribution < -0.4 is 5.73 Å². The maximum absolute atomic E-state index is 12.1. The molecule has 0 spiro atoms. The van der Waals surface area contributed by atoms with E-state index in [0.29, 0.717) is 11.1 Å². The second-order valence-electron chi connectivity index (χ2n) is 4.19. The molecule has 88 valence electrons. The molecule has 0 saturated carbocycles. The minimum absolute atomic E-state index is 0.0172. The molecule has 0 radical (unpaired) electrons. The molecule has 0 bridgehead atoms. The van der Waals surface area contributed by atoms with E-state index >= 15 is 0 Å². The van der Waals surface area contributed by atoms with Crippen molar-refractivity contribution in [3.63, 3.8) is 0 Å². The van der Waals surface area contributed by atoms with E-state index in [9.17, 15) is 4.79 Å². The van der Waals surface area contributed by atoms with Crippen LogP contribution in [0.25, 0.3) is 5.57 Å². The predicted octanol–water partition coefficient (Wildman–Crippen LogP) is 2.59. The Hall–Kier alpha value is -1.57. The predicted molar refractivity (Wildman–Crippen MR) is 68.3 cm³/mol. The van der Waals surface area contributed by atoms with Gasteiger partial charge in [-0.25, -0.2) is 0 Å². The van der Waals surface area contributed by atoms with Crippen molar-refractivity contribution in [1.29, 1.82) is 0 Å². The average Bonchev–Trinajstić information content (AvgIpc) is 2.89. The largest absolute Gasteiger partial charge is 0.369 e. The summed E-state index contributed by atoms with van der Waals surface area (Å²) in [5, 5.41) is 0. The van der Waals surface area contributed by atoms with Crippen LogP contribution >= 0.6 is 0 Å². The Kier molecular flexibility index (Phi) is 1.09. The number of amides is 1. The Bertz CT molecular complexity index is 844. The zero-order chi connectivity index (χ0) is 19.2. The summed E-state index contributed by atoms with van der Waals surface area (Å²) in [7, 11) is 0. The average molecular weight is 235 g/mol. The smallest absolute Gasteiger partial charge is 0.224 e. The van der Waals surface area contributed by atoms with Crippen molar-refractivity contribution in [2.75, 3.05) is 0 Å². The van der Waals surface area contributed by atoms with Crippen LogP contribution in [-0.2, 0) is 11.2 Å². The summed E-state index contributed by atoms with van der Waals surface area (Å²) in [5.41, 5.74) is 5.97. The number of aryl methyl sites for hydroxylation is 1. The zero-order valence-corrected chi connectivity index (χ0v) is 9.35.